The van der Waals surface area contributed by atoms with Gasteiger partial charge in [0.1, 0.15) is 0 Å². The van der Waals surface area contributed by atoms with Crippen molar-refractivity contribution in [1.82, 2.24) is 0 Å². The first kappa shape index (κ1) is 13.5. The molecule has 0 fully saturated rings. The molecule has 3 nitrogen and oxygen atoms in total. The third-order valence-corrected chi connectivity index (χ3v) is 2.52. The van der Waals surface area contributed by atoms with E-state index in [4.69, 9.17) is 10.8 Å². The fraction of sp³-hybridized carbons (Fsp3) is 0.357. The number of unbranched alkanes of at least 4 members (excludes halogenated alkanes) is 3. The molecule has 0 saturated carbocycles. The molecule has 3 N–H and O–H groups in total. The van der Waals surface area contributed by atoms with Gasteiger partial charge in [-0.1, -0.05) is 30.7 Å². The molecule has 1 aromatic rings. The summed E-state index contributed by atoms with van der Waals surface area (Å²) < 4.78 is 0. The van der Waals surface area contributed by atoms with E-state index in [-0.39, 0.29) is 0 Å². The van der Waals surface area contributed by atoms with Crippen molar-refractivity contribution < 1.29 is 9.90 Å². The molecule has 0 amide bonds. The van der Waals surface area contributed by atoms with Gasteiger partial charge in [0.25, 0.3) is 0 Å². The van der Waals surface area contributed by atoms with Gasteiger partial charge in [0.2, 0.25) is 0 Å². The number of hydrogen-bond acceptors (Lipinski definition) is 2. The molecule has 0 aromatic heterocycles. The Kier molecular flexibility index (Phi) is 6.04. The van der Waals surface area contributed by atoms with Crippen LogP contribution in [0.5, 0.6) is 0 Å². The molecule has 17 heavy (non-hydrogen) atoms. The summed E-state index contributed by atoms with van der Waals surface area (Å²) in [6.07, 6.45) is 8.41. The Labute approximate surface area is 102 Å². The van der Waals surface area contributed by atoms with E-state index in [9.17, 15) is 4.79 Å². The van der Waals surface area contributed by atoms with Crippen LogP contribution in [0, 0.1) is 0 Å². The number of carboxylic acids is 1. The third kappa shape index (κ3) is 5.31. The first-order valence-electron chi connectivity index (χ1n) is 5.94. The average Bonchev–Trinajstić information content (AvgIpc) is 2.34. The Balaban J connectivity index is 2.42. The molecule has 0 atom stereocenters. The molecule has 0 saturated heterocycles. The van der Waals surface area contributed by atoms with E-state index in [0.29, 0.717) is 5.56 Å². The number of allylic oxidation sites excluding steroid dienone is 1. The summed E-state index contributed by atoms with van der Waals surface area (Å²) in [4.78, 5) is 10.8. The van der Waals surface area contributed by atoms with Crippen molar-refractivity contribution in [1.29, 1.82) is 0 Å². The number of nitrogens with two attached hydrogens (primary N) is 1. The van der Waals surface area contributed by atoms with Gasteiger partial charge in [-0.2, -0.15) is 0 Å². The summed E-state index contributed by atoms with van der Waals surface area (Å²) in [6, 6.07) is 6.94. The van der Waals surface area contributed by atoms with E-state index in [1.54, 1.807) is 18.2 Å². The van der Waals surface area contributed by atoms with Crippen molar-refractivity contribution in [2.24, 2.45) is 5.73 Å². The quantitative estimate of drug-likeness (QED) is 0.712. The van der Waals surface area contributed by atoms with Crippen LogP contribution in [0.3, 0.4) is 0 Å². The molecule has 0 aliphatic carbocycles. The average molecular weight is 233 g/mol. The van der Waals surface area contributed by atoms with E-state index in [1.807, 2.05) is 12.1 Å². The zero-order chi connectivity index (χ0) is 12.5. The molecular weight excluding hydrogens is 214 g/mol. The zero-order valence-corrected chi connectivity index (χ0v) is 9.93. The van der Waals surface area contributed by atoms with Gasteiger partial charge in [0, 0.05) is 0 Å². The Morgan fingerprint density at radius 1 is 1.29 bits per heavy atom. The Hall–Kier alpha value is -1.61. The summed E-state index contributed by atoms with van der Waals surface area (Å²) in [7, 11) is 0. The van der Waals surface area contributed by atoms with Gasteiger partial charge in [-0.25, -0.2) is 4.79 Å². The highest BCUT2D eigenvalue weighted by Gasteiger charge is 2.00. The van der Waals surface area contributed by atoms with E-state index in [1.165, 1.54) is 0 Å². The highest BCUT2D eigenvalue weighted by Crippen LogP contribution is 2.08. The van der Waals surface area contributed by atoms with E-state index in [2.05, 4.69) is 6.08 Å². The summed E-state index contributed by atoms with van der Waals surface area (Å²) in [6.45, 7) is 0.754. The van der Waals surface area contributed by atoms with Crippen LogP contribution in [0.2, 0.25) is 0 Å². The number of aromatic carboxylic acids is 1. The van der Waals surface area contributed by atoms with Crippen molar-refractivity contribution in [3.05, 3.63) is 41.5 Å². The molecule has 0 unspecified atom stereocenters. The minimum Gasteiger partial charge on any atom is -0.478 e. The van der Waals surface area contributed by atoms with Crippen LogP contribution < -0.4 is 5.73 Å². The highest BCUT2D eigenvalue weighted by atomic mass is 16.4. The van der Waals surface area contributed by atoms with Crippen LogP contribution in [-0.4, -0.2) is 17.6 Å². The molecule has 0 spiro atoms. The predicted octanol–water partition coefficient (Wildman–Crippen LogP) is 2.92. The monoisotopic (exact) mass is 233 g/mol. The molecule has 92 valence electrons. The smallest absolute Gasteiger partial charge is 0.335 e. The topological polar surface area (TPSA) is 63.3 Å². The first-order chi connectivity index (χ1) is 8.24. The molecule has 0 bridgehead atoms. The van der Waals surface area contributed by atoms with Gasteiger partial charge >= 0.3 is 5.97 Å². The maximum atomic E-state index is 10.8. The van der Waals surface area contributed by atoms with Crippen LogP contribution in [0.4, 0.5) is 0 Å². The lowest BCUT2D eigenvalue weighted by atomic mass is 10.1. The summed E-state index contributed by atoms with van der Waals surface area (Å²) >= 11 is 0. The van der Waals surface area contributed by atoms with Gasteiger partial charge in [-0.05, 0) is 43.5 Å². The van der Waals surface area contributed by atoms with Gasteiger partial charge < -0.3 is 10.8 Å². The van der Waals surface area contributed by atoms with Crippen LogP contribution in [0.1, 0.15) is 41.6 Å². The van der Waals surface area contributed by atoms with Gasteiger partial charge in [0.05, 0.1) is 5.56 Å². The SMILES string of the molecule is NCCCCCC=Cc1cccc(C(=O)O)c1. The van der Waals surface area contributed by atoms with Crippen molar-refractivity contribution >= 4 is 12.0 Å². The second-order valence-electron chi connectivity index (χ2n) is 3.97. The van der Waals surface area contributed by atoms with Crippen LogP contribution >= 0.6 is 0 Å². The lowest BCUT2D eigenvalue weighted by molar-refractivity contribution is 0.0697. The molecule has 0 heterocycles. The van der Waals surface area contributed by atoms with Crippen molar-refractivity contribution in [3.8, 4) is 0 Å². The zero-order valence-electron chi connectivity index (χ0n) is 9.93. The second kappa shape index (κ2) is 7.63. The van der Waals surface area contributed by atoms with Crippen molar-refractivity contribution in [2.75, 3.05) is 6.54 Å². The maximum Gasteiger partial charge on any atom is 0.335 e. The molecule has 1 rings (SSSR count). The van der Waals surface area contributed by atoms with Gasteiger partial charge in [0.15, 0.2) is 0 Å². The van der Waals surface area contributed by atoms with E-state index in [0.717, 1.165) is 37.8 Å². The minimum absolute atomic E-state index is 0.329. The van der Waals surface area contributed by atoms with Gasteiger partial charge in [-0.15, -0.1) is 0 Å². The fourth-order valence-corrected chi connectivity index (χ4v) is 1.58. The second-order valence-corrected chi connectivity index (χ2v) is 3.97. The third-order valence-electron chi connectivity index (χ3n) is 2.52. The lowest BCUT2D eigenvalue weighted by Crippen LogP contribution is -1.97. The standard InChI is InChI=1S/C14H19NO2/c15-10-5-3-1-2-4-7-12-8-6-9-13(11-12)14(16)17/h4,6-9,11H,1-3,5,10,15H2,(H,16,17). The Bertz CT molecular complexity index is 386. The first-order valence-corrected chi connectivity index (χ1v) is 5.94. The fourth-order valence-electron chi connectivity index (χ4n) is 1.58. The summed E-state index contributed by atoms with van der Waals surface area (Å²) in [5.41, 5.74) is 6.67. The molecule has 1 aromatic carbocycles. The highest BCUT2D eigenvalue weighted by molar-refractivity contribution is 5.88. The number of rotatable bonds is 7. The minimum atomic E-state index is -0.886. The van der Waals surface area contributed by atoms with Crippen LogP contribution in [0.15, 0.2) is 30.3 Å². The maximum absolute atomic E-state index is 10.8. The van der Waals surface area contributed by atoms with E-state index < -0.39 is 5.97 Å². The molecule has 0 aliphatic heterocycles. The number of carbonyl (C=O) groups is 1. The lowest BCUT2D eigenvalue weighted by Gasteiger charge is -1.97. The van der Waals surface area contributed by atoms with Crippen molar-refractivity contribution in [3.63, 3.8) is 0 Å². The Morgan fingerprint density at radius 2 is 2.12 bits per heavy atom. The molecular formula is C14H19NO2. The molecule has 0 radical (unpaired) electrons. The summed E-state index contributed by atoms with van der Waals surface area (Å²) in [5.74, 6) is -0.886. The number of carboxylic acid groups (broad SMARTS) is 1. The van der Waals surface area contributed by atoms with Crippen LogP contribution in [-0.2, 0) is 0 Å². The predicted molar refractivity (Wildman–Crippen MR) is 70.0 cm³/mol. The van der Waals surface area contributed by atoms with Crippen molar-refractivity contribution in [2.45, 2.75) is 25.7 Å². The van der Waals surface area contributed by atoms with Crippen LogP contribution in [0.25, 0.3) is 6.08 Å². The van der Waals surface area contributed by atoms with E-state index >= 15 is 0 Å². The van der Waals surface area contributed by atoms with Gasteiger partial charge in [-0.3, -0.25) is 0 Å². The number of hydrogen-bond donors (Lipinski definition) is 2. The largest absolute Gasteiger partial charge is 0.478 e. The normalized spacial score (nSPS) is 10.9. The molecule has 3 heteroatoms. The Morgan fingerprint density at radius 3 is 2.82 bits per heavy atom. The summed E-state index contributed by atoms with van der Waals surface area (Å²) in [5, 5.41) is 8.84. The number of benzene rings is 1. The molecule has 0 aliphatic rings.